The van der Waals surface area contributed by atoms with Crippen LogP contribution in [0.2, 0.25) is 0 Å². The van der Waals surface area contributed by atoms with Gasteiger partial charge >= 0.3 is 5.97 Å². The molecule has 6 heteroatoms. The number of carboxylic acid groups (broad SMARTS) is 1. The summed E-state index contributed by atoms with van der Waals surface area (Å²) in [5.41, 5.74) is 11.0. The second kappa shape index (κ2) is 9.64. The summed E-state index contributed by atoms with van der Waals surface area (Å²) in [6.45, 7) is 0. The van der Waals surface area contributed by atoms with Crippen molar-refractivity contribution in [3.8, 4) is 0 Å². The number of carboxylic acids is 1. The smallest absolute Gasteiger partial charge is 0.372 e. The third-order valence-electron chi connectivity index (χ3n) is 2.12. The molecule has 6 nitrogen and oxygen atoms in total. The van der Waals surface area contributed by atoms with Gasteiger partial charge in [0.1, 0.15) is 0 Å². The average Bonchev–Trinajstić information content (AvgIpc) is 2.35. The van der Waals surface area contributed by atoms with Gasteiger partial charge in [-0.15, -0.1) is 0 Å². The van der Waals surface area contributed by atoms with Gasteiger partial charge < -0.3 is 16.6 Å². The fraction of sp³-hybridized carbons (Fsp3) is 0.308. The molecule has 1 aromatic carbocycles. The summed E-state index contributed by atoms with van der Waals surface area (Å²) in [6, 6.07) is 9.49. The quantitative estimate of drug-likeness (QED) is 0.402. The van der Waals surface area contributed by atoms with E-state index in [0.717, 1.165) is 5.69 Å². The number of hydrogen-bond acceptors (Lipinski definition) is 4. The molecule has 0 spiro atoms. The summed E-state index contributed by atoms with van der Waals surface area (Å²) in [7, 11) is 0. The van der Waals surface area contributed by atoms with Crippen LogP contribution in [0.4, 0.5) is 5.69 Å². The predicted molar refractivity (Wildman–Crippen MR) is 71.2 cm³/mol. The first-order valence-electron chi connectivity index (χ1n) is 5.78. The van der Waals surface area contributed by atoms with E-state index in [1.54, 1.807) is 0 Å². The number of amides is 1. The van der Waals surface area contributed by atoms with Gasteiger partial charge in [-0.3, -0.25) is 9.59 Å². The number of carbonyl (C=O) groups excluding carboxylic acids is 2. The van der Waals surface area contributed by atoms with Crippen LogP contribution in [-0.2, 0) is 14.4 Å². The zero-order chi connectivity index (χ0) is 14.7. The van der Waals surface area contributed by atoms with E-state index in [4.69, 9.17) is 16.6 Å². The Hall–Kier alpha value is -2.37. The van der Waals surface area contributed by atoms with Crippen LogP contribution in [0.1, 0.15) is 25.7 Å². The summed E-state index contributed by atoms with van der Waals surface area (Å²) in [4.78, 5) is 30.7. The fourth-order valence-corrected chi connectivity index (χ4v) is 1.14. The van der Waals surface area contributed by atoms with Crippen molar-refractivity contribution in [2.24, 2.45) is 5.73 Å². The van der Waals surface area contributed by atoms with Crippen molar-refractivity contribution in [1.29, 1.82) is 0 Å². The summed E-state index contributed by atoms with van der Waals surface area (Å²) in [5, 5.41) is 8.15. The molecule has 1 aromatic rings. The Kier molecular flexibility index (Phi) is 8.44. The van der Waals surface area contributed by atoms with Crippen LogP contribution in [0.15, 0.2) is 30.3 Å². The number of rotatable bonds is 6. The molecule has 1 rings (SSSR count). The minimum absolute atomic E-state index is 0.0252. The van der Waals surface area contributed by atoms with Crippen LogP contribution in [0.25, 0.3) is 0 Å². The molecule has 5 N–H and O–H groups in total. The lowest BCUT2D eigenvalue weighted by Crippen LogP contribution is -2.13. The molecule has 0 radical (unpaired) electrons. The van der Waals surface area contributed by atoms with Crippen molar-refractivity contribution < 1.29 is 19.5 Å². The van der Waals surface area contributed by atoms with Crippen LogP contribution in [-0.4, -0.2) is 22.8 Å². The summed E-state index contributed by atoms with van der Waals surface area (Å²) in [5.74, 6) is -2.67. The molecule has 0 bridgehead atoms. The molecule has 0 aliphatic carbocycles. The van der Waals surface area contributed by atoms with Gasteiger partial charge in [0.05, 0.1) is 0 Å². The van der Waals surface area contributed by atoms with Gasteiger partial charge in [0, 0.05) is 18.5 Å². The summed E-state index contributed by atoms with van der Waals surface area (Å²) >= 11 is 0. The largest absolute Gasteiger partial charge is 0.476 e. The number of unbranched alkanes of at least 4 members (excludes halogenated alkanes) is 1. The number of benzene rings is 1. The van der Waals surface area contributed by atoms with Crippen molar-refractivity contribution in [2.45, 2.75) is 25.7 Å². The van der Waals surface area contributed by atoms with E-state index >= 15 is 0 Å². The van der Waals surface area contributed by atoms with Gasteiger partial charge in [-0.25, -0.2) is 4.79 Å². The lowest BCUT2D eigenvalue weighted by atomic mass is 10.1. The highest BCUT2D eigenvalue weighted by Crippen LogP contribution is 1.99. The number of para-hydroxylation sites is 1. The standard InChI is InChI=1S/C7H11NO4.C6H7N/c8-6(10)4-2-1-3-5(9)7(11)12;7-6-4-2-1-3-5-6/h1-4H2,(H2,8,10)(H,11,12);1-5H,7H2. The molecule has 0 aromatic heterocycles. The Morgan fingerprint density at radius 1 is 1.00 bits per heavy atom. The molecular formula is C13H18N2O4. The number of nitrogens with two attached hydrogens (primary N) is 2. The average molecular weight is 266 g/mol. The van der Waals surface area contributed by atoms with Gasteiger partial charge in [0.15, 0.2) is 0 Å². The summed E-state index contributed by atoms with van der Waals surface area (Å²) in [6.07, 6.45) is 1.04. The topological polar surface area (TPSA) is 123 Å². The van der Waals surface area contributed by atoms with Gasteiger partial charge in [0.2, 0.25) is 11.7 Å². The number of anilines is 1. The van der Waals surface area contributed by atoms with Gasteiger partial charge in [0.25, 0.3) is 0 Å². The maximum absolute atomic E-state index is 10.5. The molecular weight excluding hydrogens is 248 g/mol. The fourth-order valence-electron chi connectivity index (χ4n) is 1.14. The van der Waals surface area contributed by atoms with Crippen LogP contribution >= 0.6 is 0 Å². The highest BCUT2D eigenvalue weighted by Gasteiger charge is 2.09. The summed E-state index contributed by atoms with van der Waals surface area (Å²) < 4.78 is 0. The third kappa shape index (κ3) is 10.5. The van der Waals surface area contributed by atoms with Gasteiger partial charge in [-0.2, -0.15) is 0 Å². The number of Topliss-reactive ketones (excluding diaryl/α,β-unsaturated/α-hetero) is 1. The first-order chi connectivity index (χ1) is 8.93. The molecule has 0 heterocycles. The van der Waals surface area contributed by atoms with Crippen molar-refractivity contribution in [3.63, 3.8) is 0 Å². The lowest BCUT2D eigenvalue weighted by molar-refractivity contribution is -0.149. The molecule has 0 aliphatic heterocycles. The molecule has 1 amide bonds. The minimum Gasteiger partial charge on any atom is -0.476 e. The zero-order valence-corrected chi connectivity index (χ0v) is 10.5. The second-order valence-electron chi connectivity index (χ2n) is 3.81. The van der Waals surface area contributed by atoms with E-state index in [-0.39, 0.29) is 12.8 Å². The molecule has 19 heavy (non-hydrogen) atoms. The monoisotopic (exact) mass is 266 g/mol. The molecule has 0 saturated heterocycles. The molecule has 0 aliphatic rings. The Bertz CT molecular complexity index is 418. The van der Waals surface area contributed by atoms with E-state index in [9.17, 15) is 14.4 Å². The van der Waals surface area contributed by atoms with Gasteiger partial charge in [-0.05, 0) is 25.0 Å². The highest BCUT2D eigenvalue weighted by molar-refractivity contribution is 6.32. The lowest BCUT2D eigenvalue weighted by Gasteiger charge is -1.94. The van der Waals surface area contributed by atoms with E-state index in [0.29, 0.717) is 12.8 Å². The maximum Gasteiger partial charge on any atom is 0.372 e. The van der Waals surface area contributed by atoms with Crippen molar-refractivity contribution in [2.75, 3.05) is 5.73 Å². The van der Waals surface area contributed by atoms with Crippen LogP contribution in [0, 0.1) is 0 Å². The van der Waals surface area contributed by atoms with Crippen LogP contribution < -0.4 is 11.5 Å². The maximum atomic E-state index is 10.5. The van der Waals surface area contributed by atoms with Crippen LogP contribution in [0.5, 0.6) is 0 Å². The second-order valence-corrected chi connectivity index (χ2v) is 3.81. The molecule has 0 fully saturated rings. The van der Waals surface area contributed by atoms with E-state index in [1.165, 1.54) is 0 Å². The number of aliphatic carboxylic acids is 1. The number of primary amides is 1. The number of ketones is 1. The molecule has 0 unspecified atom stereocenters. The first kappa shape index (κ1) is 16.6. The predicted octanol–water partition coefficient (Wildman–Crippen LogP) is 0.955. The number of hydrogen-bond donors (Lipinski definition) is 3. The Morgan fingerprint density at radius 2 is 1.53 bits per heavy atom. The van der Waals surface area contributed by atoms with E-state index < -0.39 is 17.7 Å². The minimum atomic E-state index is -1.42. The van der Waals surface area contributed by atoms with Crippen molar-refractivity contribution in [1.82, 2.24) is 0 Å². The molecule has 0 atom stereocenters. The van der Waals surface area contributed by atoms with Crippen molar-refractivity contribution in [3.05, 3.63) is 30.3 Å². The molecule has 104 valence electrons. The SMILES string of the molecule is NC(=O)CCCCC(=O)C(=O)O.Nc1ccccc1. The Balaban J connectivity index is 0.000000388. The van der Waals surface area contributed by atoms with Gasteiger partial charge in [-0.1, -0.05) is 18.2 Å². The first-order valence-corrected chi connectivity index (χ1v) is 5.78. The highest BCUT2D eigenvalue weighted by atomic mass is 16.4. The Labute approximate surface area is 111 Å². The Morgan fingerprint density at radius 3 is 1.89 bits per heavy atom. The van der Waals surface area contributed by atoms with Crippen LogP contribution in [0.3, 0.4) is 0 Å². The normalized spacial score (nSPS) is 9.05. The number of carbonyl (C=O) groups is 3. The molecule has 0 saturated carbocycles. The number of nitrogen functional groups attached to an aromatic ring is 1. The van der Waals surface area contributed by atoms with E-state index in [2.05, 4.69) is 0 Å². The van der Waals surface area contributed by atoms with Crippen molar-refractivity contribution >= 4 is 23.3 Å². The zero-order valence-electron chi connectivity index (χ0n) is 10.5. The third-order valence-corrected chi connectivity index (χ3v) is 2.12. The van der Waals surface area contributed by atoms with E-state index in [1.807, 2.05) is 30.3 Å².